The second kappa shape index (κ2) is 9.67. The number of rotatable bonds is 7. The topological polar surface area (TPSA) is 55.8 Å². The van der Waals surface area contributed by atoms with E-state index >= 15 is 0 Å². The number of carbonyl (C=O) groups is 2. The van der Waals surface area contributed by atoms with Crippen molar-refractivity contribution in [1.82, 2.24) is 4.90 Å². The molecule has 1 saturated heterocycles. The van der Waals surface area contributed by atoms with Crippen molar-refractivity contribution in [2.24, 2.45) is 0 Å². The zero-order chi connectivity index (χ0) is 21.0. The molecule has 2 aromatic rings. The summed E-state index contributed by atoms with van der Waals surface area (Å²) in [6.07, 6.45) is 2.45. The van der Waals surface area contributed by atoms with E-state index < -0.39 is 0 Å². The molecular formula is C22H22INO4S. The molecule has 3 rings (SSSR count). The van der Waals surface area contributed by atoms with Crippen molar-refractivity contribution in [2.45, 2.75) is 32.9 Å². The molecule has 2 aromatic carbocycles. The monoisotopic (exact) mass is 523 g/mol. The van der Waals surface area contributed by atoms with Crippen LogP contribution in [0.15, 0.2) is 47.4 Å². The molecule has 7 heteroatoms. The standard InChI is InChI=1S/C22H22INO4S/c1-4-14(2)24-21(25)20(29-22(24)26)12-16-7-10-18(19(11-16)27-3)28-13-15-5-8-17(23)9-6-15/h5-12,14H,4,13H2,1-3H3/b20-12+/t14-/m0/s1. The molecule has 0 N–H and O–H groups in total. The molecule has 1 atom stereocenters. The fourth-order valence-corrected chi connectivity index (χ4v) is 4.12. The third-order valence-corrected chi connectivity index (χ3v) is 6.25. The Labute approximate surface area is 188 Å². The van der Waals surface area contributed by atoms with Gasteiger partial charge < -0.3 is 9.47 Å². The maximum absolute atomic E-state index is 12.6. The number of hydrogen-bond donors (Lipinski definition) is 0. The zero-order valence-electron chi connectivity index (χ0n) is 16.5. The number of halogens is 1. The van der Waals surface area contributed by atoms with Crippen LogP contribution in [-0.4, -0.2) is 29.2 Å². The first kappa shape index (κ1) is 21.7. The second-order valence-electron chi connectivity index (χ2n) is 6.63. The summed E-state index contributed by atoms with van der Waals surface area (Å²) in [5, 5.41) is -0.222. The van der Waals surface area contributed by atoms with Gasteiger partial charge >= 0.3 is 0 Å². The van der Waals surface area contributed by atoms with Gasteiger partial charge in [-0.25, -0.2) is 0 Å². The van der Waals surface area contributed by atoms with Crippen LogP contribution in [0.2, 0.25) is 0 Å². The first-order chi connectivity index (χ1) is 13.9. The first-order valence-electron chi connectivity index (χ1n) is 9.25. The quantitative estimate of drug-likeness (QED) is 0.344. The average molecular weight is 523 g/mol. The number of amides is 2. The maximum atomic E-state index is 12.6. The third-order valence-electron chi connectivity index (χ3n) is 4.65. The summed E-state index contributed by atoms with van der Waals surface area (Å²) in [4.78, 5) is 26.5. The van der Waals surface area contributed by atoms with Crippen LogP contribution < -0.4 is 9.47 Å². The molecule has 0 aromatic heterocycles. The van der Waals surface area contributed by atoms with Crippen molar-refractivity contribution in [3.63, 3.8) is 0 Å². The Morgan fingerprint density at radius 3 is 2.52 bits per heavy atom. The van der Waals surface area contributed by atoms with Gasteiger partial charge in [0.25, 0.3) is 11.1 Å². The highest BCUT2D eigenvalue weighted by Gasteiger charge is 2.37. The molecule has 152 valence electrons. The van der Waals surface area contributed by atoms with E-state index in [1.165, 1.54) is 8.47 Å². The van der Waals surface area contributed by atoms with Gasteiger partial charge in [0.15, 0.2) is 11.5 Å². The molecule has 0 saturated carbocycles. The molecule has 1 aliphatic rings. The van der Waals surface area contributed by atoms with Gasteiger partial charge in [0.1, 0.15) is 6.61 Å². The fourth-order valence-electron chi connectivity index (χ4n) is 2.83. The summed E-state index contributed by atoms with van der Waals surface area (Å²) in [7, 11) is 1.58. The van der Waals surface area contributed by atoms with Crippen LogP contribution in [0.4, 0.5) is 4.79 Å². The molecular weight excluding hydrogens is 501 g/mol. The van der Waals surface area contributed by atoms with Gasteiger partial charge in [-0.1, -0.05) is 25.1 Å². The van der Waals surface area contributed by atoms with Crippen molar-refractivity contribution >= 4 is 51.6 Å². The Morgan fingerprint density at radius 1 is 1.14 bits per heavy atom. The van der Waals surface area contributed by atoms with Gasteiger partial charge in [0.2, 0.25) is 0 Å². The summed E-state index contributed by atoms with van der Waals surface area (Å²) in [6.45, 7) is 4.26. The van der Waals surface area contributed by atoms with Crippen LogP contribution in [0.1, 0.15) is 31.4 Å². The Balaban J connectivity index is 1.76. The number of methoxy groups -OCH3 is 1. The normalized spacial score (nSPS) is 16.4. The summed E-state index contributed by atoms with van der Waals surface area (Å²) < 4.78 is 12.5. The highest BCUT2D eigenvalue weighted by atomic mass is 127. The number of hydrogen-bond acceptors (Lipinski definition) is 5. The Bertz CT molecular complexity index is 942. The lowest BCUT2D eigenvalue weighted by Crippen LogP contribution is -2.36. The third kappa shape index (κ3) is 5.14. The minimum Gasteiger partial charge on any atom is -0.493 e. The second-order valence-corrected chi connectivity index (χ2v) is 8.87. The Kier molecular flexibility index (Phi) is 7.23. The SMILES string of the molecule is CC[C@H](C)N1C(=O)S/C(=C/c2ccc(OCc3ccc(I)cc3)c(OC)c2)C1=O. The van der Waals surface area contributed by atoms with Gasteiger partial charge in [-0.15, -0.1) is 0 Å². The summed E-state index contributed by atoms with van der Waals surface area (Å²) in [6, 6.07) is 13.5. The Hall–Kier alpha value is -2.00. The van der Waals surface area contributed by atoms with Crippen LogP contribution in [0.25, 0.3) is 6.08 Å². The zero-order valence-corrected chi connectivity index (χ0v) is 19.5. The molecule has 5 nitrogen and oxygen atoms in total. The van der Waals surface area contributed by atoms with Gasteiger partial charge in [-0.3, -0.25) is 14.5 Å². The molecule has 0 spiro atoms. The van der Waals surface area contributed by atoms with Gasteiger partial charge in [-0.05, 0) is 89.2 Å². The molecule has 1 fully saturated rings. The van der Waals surface area contributed by atoms with E-state index in [1.54, 1.807) is 19.3 Å². The van der Waals surface area contributed by atoms with Gasteiger partial charge in [0.05, 0.1) is 12.0 Å². The lowest BCUT2D eigenvalue weighted by atomic mass is 10.1. The van der Waals surface area contributed by atoms with E-state index in [-0.39, 0.29) is 17.2 Å². The van der Waals surface area contributed by atoms with E-state index in [4.69, 9.17) is 9.47 Å². The number of nitrogens with zero attached hydrogens (tertiary/aromatic N) is 1. The average Bonchev–Trinajstić information content (AvgIpc) is 3.00. The number of thioether (sulfide) groups is 1. The van der Waals surface area contributed by atoms with Crippen molar-refractivity contribution < 1.29 is 19.1 Å². The summed E-state index contributed by atoms with van der Waals surface area (Å²) >= 11 is 3.24. The van der Waals surface area contributed by atoms with Gasteiger partial charge in [-0.2, -0.15) is 0 Å². The largest absolute Gasteiger partial charge is 0.493 e. The molecule has 0 unspecified atom stereocenters. The minimum atomic E-state index is -0.243. The Morgan fingerprint density at radius 2 is 1.86 bits per heavy atom. The minimum absolute atomic E-state index is 0.111. The van der Waals surface area contributed by atoms with Crippen molar-refractivity contribution in [3.8, 4) is 11.5 Å². The molecule has 1 heterocycles. The smallest absolute Gasteiger partial charge is 0.293 e. The lowest BCUT2D eigenvalue weighted by Gasteiger charge is -2.19. The number of carbonyl (C=O) groups excluding carboxylic acids is 2. The van der Waals surface area contributed by atoms with E-state index in [1.807, 2.05) is 50.2 Å². The molecule has 1 aliphatic heterocycles. The molecule has 0 radical (unpaired) electrons. The predicted octanol–water partition coefficient (Wildman–Crippen LogP) is 5.71. The van der Waals surface area contributed by atoms with Crippen molar-refractivity contribution in [2.75, 3.05) is 7.11 Å². The van der Waals surface area contributed by atoms with Crippen LogP contribution in [-0.2, 0) is 11.4 Å². The number of imide groups is 1. The molecule has 2 amide bonds. The van der Waals surface area contributed by atoms with Crippen LogP contribution in [0.5, 0.6) is 11.5 Å². The highest BCUT2D eigenvalue weighted by molar-refractivity contribution is 14.1. The van der Waals surface area contributed by atoms with Crippen LogP contribution in [0.3, 0.4) is 0 Å². The highest BCUT2D eigenvalue weighted by Crippen LogP contribution is 2.36. The number of ether oxygens (including phenoxy) is 2. The van der Waals surface area contributed by atoms with E-state index in [9.17, 15) is 9.59 Å². The van der Waals surface area contributed by atoms with Crippen molar-refractivity contribution in [1.29, 1.82) is 0 Å². The van der Waals surface area contributed by atoms with Gasteiger partial charge in [0, 0.05) is 9.61 Å². The van der Waals surface area contributed by atoms with Crippen LogP contribution >= 0.6 is 34.4 Å². The summed E-state index contributed by atoms with van der Waals surface area (Å²) in [5.74, 6) is 0.952. The van der Waals surface area contributed by atoms with Crippen molar-refractivity contribution in [3.05, 3.63) is 62.1 Å². The van der Waals surface area contributed by atoms with E-state index in [0.717, 1.165) is 29.3 Å². The van der Waals surface area contributed by atoms with E-state index in [0.29, 0.717) is 23.0 Å². The summed E-state index contributed by atoms with van der Waals surface area (Å²) in [5.41, 5.74) is 1.84. The molecule has 29 heavy (non-hydrogen) atoms. The molecule has 0 bridgehead atoms. The first-order valence-corrected chi connectivity index (χ1v) is 11.1. The fraction of sp³-hybridized carbons (Fsp3) is 0.273. The molecule has 0 aliphatic carbocycles. The lowest BCUT2D eigenvalue weighted by molar-refractivity contribution is -0.124. The van der Waals surface area contributed by atoms with E-state index in [2.05, 4.69) is 22.6 Å². The maximum Gasteiger partial charge on any atom is 0.293 e. The predicted molar refractivity (Wildman–Crippen MR) is 124 cm³/mol. The van der Waals surface area contributed by atoms with Crippen LogP contribution in [0, 0.1) is 3.57 Å². The number of benzene rings is 2.